The summed E-state index contributed by atoms with van der Waals surface area (Å²) >= 11 is 0.996. The maximum absolute atomic E-state index is 13.7. The molecule has 1 aliphatic heterocycles. The lowest BCUT2D eigenvalue weighted by atomic mass is 10.1. The van der Waals surface area contributed by atoms with Gasteiger partial charge >= 0.3 is 5.97 Å². The third kappa shape index (κ3) is 6.87. The molecule has 3 aromatic carbocycles. The van der Waals surface area contributed by atoms with Gasteiger partial charge in [-0.25, -0.2) is 13.2 Å². The van der Waals surface area contributed by atoms with Crippen molar-refractivity contribution in [3.63, 3.8) is 0 Å². The van der Waals surface area contributed by atoms with E-state index in [1.165, 1.54) is 37.3 Å². The minimum Gasteiger partial charge on any atom is -0.462 e. The molecule has 210 valence electrons. The van der Waals surface area contributed by atoms with Gasteiger partial charge in [0.1, 0.15) is 6.04 Å². The largest absolute Gasteiger partial charge is 0.462 e. The summed E-state index contributed by atoms with van der Waals surface area (Å²) in [5.41, 5.74) is 0.742. The quantitative estimate of drug-likeness (QED) is 0.366. The molecular formula is C28H29N3O7S2. The molecule has 0 spiro atoms. The molecule has 0 bridgehead atoms. The van der Waals surface area contributed by atoms with Crippen molar-refractivity contribution in [2.45, 2.75) is 36.5 Å². The van der Waals surface area contributed by atoms with E-state index in [9.17, 15) is 27.6 Å². The molecule has 2 unspecified atom stereocenters. The Balaban J connectivity index is 1.45. The second kappa shape index (κ2) is 12.6. The van der Waals surface area contributed by atoms with Crippen molar-refractivity contribution in [1.29, 1.82) is 0 Å². The third-order valence-electron chi connectivity index (χ3n) is 6.28. The van der Waals surface area contributed by atoms with Gasteiger partial charge in [-0.1, -0.05) is 42.1 Å². The Morgan fingerprint density at radius 2 is 1.70 bits per heavy atom. The van der Waals surface area contributed by atoms with Crippen LogP contribution in [0.25, 0.3) is 10.8 Å². The molecule has 40 heavy (non-hydrogen) atoms. The number of benzene rings is 3. The fraction of sp³-hybridized carbons (Fsp3) is 0.286. The van der Waals surface area contributed by atoms with Crippen LogP contribution < -0.4 is 10.6 Å². The summed E-state index contributed by atoms with van der Waals surface area (Å²) in [7, 11) is -4.09. The highest BCUT2D eigenvalue weighted by atomic mass is 32.2. The summed E-state index contributed by atoms with van der Waals surface area (Å²) in [5.74, 6) is -1.65. The van der Waals surface area contributed by atoms with Crippen molar-refractivity contribution >= 4 is 61.1 Å². The highest BCUT2D eigenvalue weighted by Crippen LogP contribution is 2.33. The van der Waals surface area contributed by atoms with Crippen molar-refractivity contribution in [2.75, 3.05) is 25.0 Å². The van der Waals surface area contributed by atoms with E-state index < -0.39 is 45.6 Å². The van der Waals surface area contributed by atoms with E-state index >= 15 is 0 Å². The van der Waals surface area contributed by atoms with Crippen molar-refractivity contribution in [3.8, 4) is 0 Å². The van der Waals surface area contributed by atoms with E-state index in [0.717, 1.165) is 26.8 Å². The number of sulfonamides is 1. The Morgan fingerprint density at radius 1 is 1.00 bits per heavy atom. The molecule has 3 aromatic rings. The van der Waals surface area contributed by atoms with Crippen molar-refractivity contribution < 1.29 is 32.3 Å². The number of fused-ring (bicyclic) bond motifs is 1. The topological polar surface area (TPSA) is 139 Å². The van der Waals surface area contributed by atoms with Crippen LogP contribution in [-0.2, 0) is 29.1 Å². The number of nitrogens with one attached hydrogen (secondary N) is 2. The number of esters is 1. The number of rotatable bonds is 9. The van der Waals surface area contributed by atoms with Crippen molar-refractivity contribution in [2.24, 2.45) is 0 Å². The van der Waals surface area contributed by atoms with Crippen LogP contribution in [0, 0.1) is 0 Å². The zero-order valence-electron chi connectivity index (χ0n) is 22.0. The smallest absolute Gasteiger partial charge is 0.338 e. The van der Waals surface area contributed by atoms with Gasteiger partial charge in [-0.3, -0.25) is 14.4 Å². The van der Waals surface area contributed by atoms with Gasteiger partial charge in [-0.15, -0.1) is 0 Å². The first kappa shape index (κ1) is 29.2. The maximum Gasteiger partial charge on any atom is 0.338 e. The predicted octanol–water partition coefficient (Wildman–Crippen LogP) is 3.18. The summed E-state index contributed by atoms with van der Waals surface area (Å²) < 4.78 is 33.4. The molecule has 1 aliphatic rings. The van der Waals surface area contributed by atoms with Gasteiger partial charge in [0.15, 0.2) is 5.12 Å². The number of anilines is 1. The summed E-state index contributed by atoms with van der Waals surface area (Å²) in [6.07, 6.45) is 0.125. The number of nitrogens with zero attached hydrogens (tertiary/aromatic N) is 1. The molecule has 0 radical (unpaired) electrons. The van der Waals surface area contributed by atoms with Crippen LogP contribution in [0.15, 0.2) is 71.6 Å². The third-order valence-corrected chi connectivity index (χ3v) is 9.16. The fourth-order valence-electron chi connectivity index (χ4n) is 4.45. The summed E-state index contributed by atoms with van der Waals surface area (Å²) in [6, 6.07) is 17.1. The molecule has 12 heteroatoms. The Kier molecular flexibility index (Phi) is 9.23. The first-order valence-corrected chi connectivity index (χ1v) is 14.9. The SMILES string of the molecule is CCOC(=O)c1ccc(NC(=O)CNC(=O)C2CC(SC(C)=O)CN2S(=O)(=O)c2ccc3ccccc3c2)cc1. The van der Waals surface area contributed by atoms with Crippen molar-refractivity contribution in [3.05, 3.63) is 72.3 Å². The Bertz CT molecular complexity index is 1540. The van der Waals surface area contributed by atoms with Gasteiger partial charge in [0, 0.05) is 24.4 Å². The molecule has 0 aliphatic carbocycles. The standard InChI is InChI=1S/C28H29N3O7S2/c1-3-38-28(35)20-8-11-22(12-9-20)30-26(33)16-29-27(34)25-15-23(39-18(2)32)17-31(25)40(36,37)24-13-10-19-6-4-5-7-21(19)14-24/h4-14,23,25H,3,15-17H2,1-2H3,(H,29,34)(H,30,33). The monoisotopic (exact) mass is 583 g/mol. The van der Waals surface area contributed by atoms with Crippen LogP contribution in [0.4, 0.5) is 5.69 Å². The lowest BCUT2D eigenvalue weighted by molar-refractivity contribution is -0.126. The molecule has 1 saturated heterocycles. The minimum atomic E-state index is -4.09. The Morgan fingerprint density at radius 3 is 2.38 bits per heavy atom. The molecule has 10 nitrogen and oxygen atoms in total. The lowest BCUT2D eigenvalue weighted by Crippen LogP contribution is -2.47. The number of hydrogen-bond acceptors (Lipinski definition) is 8. The molecule has 2 amide bonds. The zero-order valence-corrected chi connectivity index (χ0v) is 23.6. The van der Waals surface area contributed by atoms with E-state index in [1.54, 1.807) is 25.1 Å². The zero-order chi connectivity index (χ0) is 28.9. The predicted molar refractivity (Wildman–Crippen MR) is 152 cm³/mol. The average Bonchev–Trinajstić information content (AvgIpc) is 3.36. The first-order valence-electron chi connectivity index (χ1n) is 12.6. The number of thioether (sulfide) groups is 1. The highest BCUT2D eigenvalue weighted by molar-refractivity contribution is 8.14. The Labute approximate surface area is 236 Å². The number of carbonyl (C=O) groups is 4. The van der Waals surface area contributed by atoms with E-state index in [1.807, 2.05) is 18.2 Å². The molecule has 0 saturated carbocycles. The normalized spacial score (nSPS) is 17.4. The molecule has 0 aromatic heterocycles. The van der Waals surface area contributed by atoms with E-state index in [2.05, 4.69) is 10.6 Å². The van der Waals surface area contributed by atoms with Gasteiger partial charge < -0.3 is 15.4 Å². The maximum atomic E-state index is 13.7. The first-order chi connectivity index (χ1) is 19.1. The van der Waals surface area contributed by atoms with Gasteiger partial charge in [-0.2, -0.15) is 4.31 Å². The number of carbonyl (C=O) groups excluding carboxylic acids is 4. The van der Waals surface area contributed by atoms with E-state index in [4.69, 9.17) is 4.74 Å². The number of hydrogen-bond donors (Lipinski definition) is 2. The number of ether oxygens (including phenoxy) is 1. The van der Waals surface area contributed by atoms with Gasteiger partial charge in [0.2, 0.25) is 21.8 Å². The van der Waals surface area contributed by atoms with Crippen molar-refractivity contribution in [1.82, 2.24) is 9.62 Å². The average molecular weight is 584 g/mol. The van der Waals surface area contributed by atoms with Gasteiger partial charge in [0.05, 0.1) is 23.6 Å². The molecule has 1 heterocycles. The van der Waals surface area contributed by atoms with Gasteiger partial charge in [0.25, 0.3) is 0 Å². The number of amides is 2. The van der Waals surface area contributed by atoms with Crippen LogP contribution in [-0.4, -0.2) is 66.6 Å². The minimum absolute atomic E-state index is 0.0174. The summed E-state index contributed by atoms with van der Waals surface area (Å²) in [6.45, 7) is 2.92. The molecule has 2 atom stereocenters. The molecule has 4 rings (SSSR count). The highest BCUT2D eigenvalue weighted by Gasteiger charge is 2.44. The van der Waals surface area contributed by atoms with Crippen LogP contribution in [0.2, 0.25) is 0 Å². The van der Waals surface area contributed by atoms with Crippen LogP contribution in [0.3, 0.4) is 0 Å². The van der Waals surface area contributed by atoms with Gasteiger partial charge in [-0.05, 0) is 60.5 Å². The van der Waals surface area contributed by atoms with Crippen LogP contribution in [0.1, 0.15) is 30.6 Å². The van der Waals surface area contributed by atoms with E-state index in [-0.39, 0.29) is 29.6 Å². The second-order valence-electron chi connectivity index (χ2n) is 9.13. The van der Waals surface area contributed by atoms with E-state index in [0.29, 0.717) is 11.3 Å². The van der Waals surface area contributed by atoms with Crippen LogP contribution >= 0.6 is 11.8 Å². The molecular weight excluding hydrogens is 554 g/mol. The molecule has 1 fully saturated rings. The summed E-state index contributed by atoms with van der Waals surface area (Å²) in [5, 5.41) is 6.18. The molecule has 2 N–H and O–H groups in total. The summed E-state index contributed by atoms with van der Waals surface area (Å²) in [4.78, 5) is 49.2. The van der Waals surface area contributed by atoms with Crippen LogP contribution in [0.5, 0.6) is 0 Å². The fourth-order valence-corrected chi connectivity index (χ4v) is 7.21. The second-order valence-corrected chi connectivity index (χ2v) is 12.5. The lowest BCUT2D eigenvalue weighted by Gasteiger charge is -2.23. The Hall–Kier alpha value is -3.74.